The van der Waals surface area contributed by atoms with E-state index in [1.165, 1.54) is 11.1 Å². The molecule has 28 heavy (non-hydrogen) atoms. The van der Waals surface area contributed by atoms with E-state index in [4.69, 9.17) is 28.2 Å². The maximum Gasteiger partial charge on any atom is 0.221 e. The van der Waals surface area contributed by atoms with Gasteiger partial charge in [0, 0.05) is 36.0 Å². The molecule has 148 valence electrons. The van der Waals surface area contributed by atoms with Crippen molar-refractivity contribution in [1.29, 1.82) is 0 Å². The highest BCUT2D eigenvalue weighted by atomic mass is 35.5. The third kappa shape index (κ3) is 4.68. The maximum absolute atomic E-state index is 12.1. The van der Waals surface area contributed by atoms with Crippen LogP contribution in [0.2, 0.25) is 10.0 Å². The zero-order chi connectivity index (χ0) is 20.3. The largest absolute Gasteiger partial charge is 0.356 e. The molecule has 1 N–H and O–H groups in total. The quantitative estimate of drug-likeness (QED) is 0.553. The van der Waals surface area contributed by atoms with Gasteiger partial charge in [-0.1, -0.05) is 36.2 Å². The van der Waals surface area contributed by atoms with E-state index in [2.05, 4.69) is 35.9 Å². The fourth-order valence-corrected chi connectivity index (χ4v) is 3.69. The molecule has 0 saturated carbocycles. The van der Waals surface area contributed by atoms with Crippen LogP contribution in [-0.4, -0.2) is 22.0 Å². The van der Waals surface area contributed by atoms with Crippen molar-refractivity contribution in [2.75, 3.05) is 6.54 Å². The summed E-state index contributed by atoms with van der Waals surface area (Å²) in [7, 11) is 0. The fourth-order valence-electron chi connectivity index (χ4n) is 3.22. The summed E-state index contributed by atoms with van der Waals surface area (Å²) < 4.78 is 2.14. The van der Waals surface area contributed by atoms with Crippen molar-refractivity contribution in [3.05, 3.63) is 62.9 Å². The smallest absolute Gasteiger partial charge is 0.221 e. The van der Waals surface area contributed by atoms with Crippen LogP contribution in [0.4, 0.5) is 0 Å². The SMILES string of the molecule is CCCNC(=O)CCn1c(Cc2ccc(Cl)cc2Cl)nc2cc(C)c(C)cc21. The van der Waals surface area contributed by atoms with E-state index >= 15 is 0 Å². The first-order valence-electron chi connectivity index (χ1n) is 9.56. The third-order valence-electron chi connectivity index (χ3n) is 4.94. The van der Waals surface area contributed by atoms with E-state index in [0.29, 0.717) is 36.0 Å². The van der Waals surface area contributed by atoms with Crippen molar-refractivity contribution in [2.24, 2.45) is 0 Å². The first-order valence-corrected chi connectivity index (χ1v) is 10.3. The number of nitrogens with one attached hydrogen (secondary N) is 1. The molecular formula is C22H25Cl2N3O. The van der Waals surface area contributed by atoms with Crippen LogP contribution < -0.4 is 5.32 Å². The second kappa shape index (κ2) is 8.97. The van der Waals surface area contributed by atoms with E-state index in [0.717, 1.165) is 28.8 Å². The maximum atomic E-state index is 12.1. The Labute approximate surface area is 175 Å². The van der Waals surface area contributed by atoms with Gasteiger partial charge in [-0.15, -0.1) is 0 Å². The van der Waals surface area contributed by atoms with Gasteiger partial charge in [-0.05, 0) is 61.2 Å². The predicted molar refractivity (Wildman–Crippen MR) is 116 cm³/mol. The van der Waals surface area contributed by atoms with Crippen molar-refractivity contribution in [3.63, 3.8) is 0 Å². The summed E-state index contributed by atoms with van der Waals surface area (Å²) in [6.07, 6.45) is 1.93. The van der Waals surface area contributed by atoms with Gasteiger partial charge in [-0.25, -0.2) is 4.98 Å². The molecule has 6 heteroatoms. The molecule has 1 aromatic heterocycles. The Kier molecular flexibility index (Phi) is 6.63. The van der Waals surface area contributed by atoms with E-state index in [1.807, 2.05) is 19.1 Å². The van der Waals surface area contributed by atoms with Crippen LogP contribution in [0, 0.1) is 13.8 Å². The average molecular weight is 418 g/mol. The monoisotopic (exact) mass is 417 g/mol. The van der Waals surface area contributed by atoms with Gasteiger partial charge in [0.05, 0.1) is 11.0 Å². The first-order chi connectivity index (χ1) is 13.4. The molecule has 0 aliphatic carbocycles. The molecule has 0 saturated heterocycles. The lowest BCUT2D eigenvalue weighted by molar-refractivity contribution is -0.121. The summed E-state index contributed by atoms with van der Waals surface area (Å²) >= 11 is 12.4. The Bertz CT molecular complexity index is 1010. The highest BCUT2D eigenvalue weighted by Crippen LogP contribution is 2.26. The van der Waals surface area contributed by atoms with Crippen LogP contribution in [0.15, 0.2) is 30.3 Å². The Hall–Kier alpha value is -2.04. The van der Waals surface area contributed by atoms with E-state index in [1.54, 1.807) is 6.07 Å². The minimum Gasteiger partial charge on any atom is -0.356 e. The minimum absolute atomic E-state index is 0.0583. The molecular weight excluding hydrogens is 393 g/mol. The van der Waals surface area contributed by atoms with Crippen molar-refractivity contribution in [1.82, 2.24) is 14.9 Å². The molecule has 0 unspecified atom stereocenters. The molecule has 4 nitrogen and oxygen atoms in total. The third-order valence-corrected chi connectivity index (χ3v) is 5.53. The summed E-state index contributed by atoms with van der Waals surface area (Å²) in [6, 6.07) is 9.76. The van der Waals surface area contributed by atoms with Crippen LogP contribution >= 0.6 is 23.2 Å². The molecule has 0 atom stereocenters. The lowest BCUT2D eigenvalue weighted by Crippen LogP contribution is -2.25. The van der Waals surface area contributed by atoms with Crippen LogP contribution in [0.5, 0.6) is 0 Å². The molecule has 0 spiro atoms. The number of aromatic nitrogens is 2. The Balaban J connectivity index is 1.96. The van der Waals surface area contributed by atoms with Crippen molar-refractivity contribution in [2.45, 2.75) is 46.6 Å². The molecule has 2 aromatic carbocycles. The normalized spacial score (nSPS) is 11.2. The molecule has 0 fully saturated rings. The highest BCUT2D eigenvalue weighted by molar-refractivity contribution is 6.35. The van der Waals surface area contributed by atoms with Gasteiger partial charge in [0.2, 0.25) is 5.91 Å². The molecule has 3 aromatic rings. The number of benzene rings is 2. The summed E-state index contributed by atoms with van der Waals surface area (Å²) in [6.45, 7) is 7.50. The molecule has 0 radical (unpaired) electrons. The van der Waals surface area contributed by atoms with Crippen LogP contribution in [0.25, 0.3) is 11.0 Å². The van der Waals surface area contributed by atoms with Gasteiger partial charge in [0.25, 0.3) is 0 Å². The zero-order valence-electron chi connectivity index (χ0n) is 16.5. The zero-order valence-corrected chi connectivity index (χ0v) is 18.0. The Morgan fingerprint density at radius 3 is 2.61 bits per heavy atom. The summed E-state index contributed by atoms with van der Waals surface area (Å²) in [5.41, 5.74) is 5.37. The number of hydrogen-bond acceptors (Lipinski definition) is 2. The second-order valence-electron chi connectivity index (χ2n) is 7.12. The van der Waals surface area contributed by atoms with E-state index in [-0.39, 0.29) is 5.91 Å². The number of nitrogens with zero attached hydrogens (tertiary/aromatic N) is 2. The molecule has 0 bridgehead atoms. The number of imidazole rings is 1. The molecule has 3 rings (SSSR count). The van der Waals surface area contributed by atoms with Crippen molar-refractivity contribution < 1.29 is 4.79 Å². The summed E-state index contributed by atoms with van der Waals surface area (Å²) in [5, 5.41) is 4.18. The number of aryl methyl sites for hydroxylation is 3. The lowest BCUT2D eigenvalue weighted by Gasteiger charge is -2.11. The minimum atomic E-state index is 0.0583. The Morgan fingerprint density at radius 2 is 1.89 bits per heavy atom. The van der Waals surface area contributed by atoms with Crippen molar-refractivity contribution in [3.8, 4) is 0 Å². The number of hydrogen-bond donors (Lipinski definition) is 1. The molecule has 0 aliphatic heterocycles. The predicted octanol–water partition coefficient (Wildman–Crippen LogP) is 5.47. The summed E-state index contributed by atoms with van der Waals surface area (Å²) in [5.74, 6) is 0.954. The molecule has 0 aliphatic rings. The van der Waals surface area contributed by atoms with Crippen molar-refractivity contribution >= 4 is 40.1 Å². The Morgan fingerprint density at radius 1 is 1.14 bits per heavy atom. The van der Waals surface area contributed by atoms with E-state index in [9.17, 15) is 4.79 Å². The number of carbonyl (C=O) groups excluding carboxylic acids is 1. The number of fused-ring (bicyclic) bond motifs is 1. The highest BCUT2D eigenvalue weighted by Gasteiger charge is 2.15. The first kappa shape index (κ1) is 20.7. The van der Waals surface area contributed by atoms with Gasteiger partial charge in [0.15, 0.2) is 0 Å². The van der Waals surface area contributed by atoms with Gasteiger partial charge in [0.1, 0.15) is 5.82 Å². The second-order valence-corrected chi connectivity index (χ2v) is 7.96. The number of rotatable bonds is 7. The van der Waals surface area contributed by atoms with Crippen LogP contribution in [0.1, 0.15) is 42.3 Å². The van der Waals surface area contributed by atoms with Gasteiger partial charge in [-0.3, -0.25) is 4.79 Å². The van der Waals surface area contributed by atoms with Crippen LogP contribution in [0.3, 0.4) is 0 Å². The van der Waals surface area contributed by atoms with Gasteiger partial charge in [-0.2, -0.15) is 0 Å². The average Bonchev–Trinajstić information content (AvgIpc) is 2.97. The number of carbonyl (C=O) groups is 1. The lowest BCUT2D eigenvalue weighted by atomic mass is 10.1. The number of amides is 1. The van der Waals surface area contributed by atoms with Gasteiger partial charge < -0.3 is 9.88 Å². The summed E-state index contributed by atoms with van der Waals surface area (Å²) in [4.78, 5) is 17.0. The van der Waals surface area contributed by atoms with Gasteiger partial charge >= 0.3 is 0 Å². The molecule has 1 heterocycles. The van der Waals surface area contributed by atoms with Crippen LogP contribution in [-0.2, 0) is 17.8 Å². The van der Waals surface area contributed by atoms with E-state index < -0.39 is 0 Å². The standard InChI is InChI=1S/C22H25Cl2N3O/c1-4-8-25-22(28)7-9-27-20-11-15(3)14(2)10-19(20)26-21(27)12-16-5-6-17(23)13-18(16)24/h5-6,10-11,13H,4,7-9,12H2,1-3H3,(H,25,28). The topological polar surface area (TPSA) is 46.9 Å². The number of halogens is 2. The molecule has 1 amide bonds. The fraction of sp³-hybridized carbons (Fsp3) is 0.364.